The first kappa shape index (κ1) is 16.7. The van der Waals surface area contributed by atoms with Gasteiger partial charge in [-0.1, -0.05) is 6.07 Å². The Labute approximate surface area is 141 Å². The van der Waals surface area contributed by atoms with E-state index in [1.165, 1.54) is 17.6 Å². The largest absolute Gasteiger partial charge is 0.377 e. The highest BCUT2D eigenvalue weighted by atomic mass is 32.1. The van der Waals surface area contributed by atoms with E-state index >= 15 is 0 Å². The van der Waals surface area contributed by atoms with E-state index in [1.807, 2.05) is 4.90 Å². The highest BCUT2D eigenvalue weighted by Crippen LogP contribution is 2.21. The molecule has 0 unspecified atom stereocenters. The summed E-state index contributed by atoms with van der Waals surface area (Å²) in [4.78, 5) is 20.1. The molecule has 2 heterocycles. The third-order valence-electron chi connectivity index (χ3n) is 3.68. The summed E-state index contributed by atoms with van der Waals surface area (Å²) in [6.45, 7) is 1.87. The van der Waals surface area contributed by atoms with Gasteiger partial charge in [-0.15, -0.1) is 0 Å². The SMILES string of the molecule is COCc1nsc(N2CCN(Cc3ccc(F)c(F)c3)C(=O)C2)n1. The summed E-state index contributed by atoms with van der Waals surface area (Å²) in [6, 6.07) is 3.68. The van der Waals surface area contributed by atoms with Gasteiger partial charge in [-0.2, -0.15) is 4.37 Å². The van der Waals surface area contributed by atoms with Crippen LogP contribution in [0.15, 0.2) is 18.2 Å². The molecule has 1 fully saturated rings. The van der Waals surface area contributed by atoms with E-state index < -0.39 is 11.6 Å². The first-order chi connectivity index (χ1) is 11.6. The zero-order chi connectivity index (χ0) is 17.1. The number of nitrogens with zero attached hydrogens (tertiary/aromatic N) is 4. The summed E-state index contributed by atoms with van der Waals surface area (Å²) in [5.74, 6) is -1.29. The van der Waals surface area contributed by atoms with Crippen molar-refractivity contribution in [2.45, 2.75) is 13.2 Å². The van der Waals surface area contributed by atoms with E-state index in [0.717, 1.165) is 12.1 Å². The Morgan fingerprint density at radius 2 is 2.12 bits per heavy atom. The second kappa shape index (κ2) is 7.18. The molecule has 128 valence electrons. The molecule has 1 aromatic carbocycles. The van der Waals surface area contributed by atoms with Gasteiger partial charge >= 0.3 is 0 Å². The summed E-state index contributed by atoms with van der Waals surface area (Å²) in [5.41, 5.74) is 0.564. The van der Waals surface area contributed by atoms with Crippen LogP contribution in [0.4, 0.5) is 13.9 Å². The molecule has 24 heavy (non-hydrogen) atoms. The molecule has 1 amide bonds. The Hall–Kier alpha value is -2.13. The first-order valence-corrected chi connectivity index (χ1v) is 8.12. The maximum absolute atomic E-state index is 13.3. The van der Waals surface area contributed by atoms with Crippen LogP contribution < -0.4 is 4.90 Å². The Balaban J connectivity index is 1.62. The fraction of sp³-hybridized carbons (Fsp3) is 0.400. The number of benzene rings is 1. The van der Waals surface area contributed by atoms with Gasteiger partial charge in [0.25, 0.3) is 0 Å². The summed E-state index contributed by atoms with van der Waals surface area (Å²) < 4.78 is 35.4. The standard InChI is InChI=1S/C15H16F2N4O2S/c1-23-9-13-18-15(24-19-13)21-5-4-20(14(22)8-21)7-10-2-3-11(16)12(17)6-10/h2-3,6H,4-5,7-9H2,1H3. The third kappa shape index (κ3) is 3.68. The lowest BCUT2D eigenvalue weighted by molar-refractivity contribution is -0.131. The fourth-order valence-electron chi connectivity index (χ4n) is 2.46. The van der Waals surface area contributed by atoms with Gasteiger partial charge in [0, 0.05) is 38.3 Å². The number of piperazine rings is 1. The van der Waals surface area contributed by atoms with E-state index in [0.29, 0.717) is 36.2 Å². The number of halogens is 2. The molecule has 0 atom stereocenters. The van der Waals surface area contributed by atoms with Gasteiger partial charge in [-0.3, -0.25) is 4.79 Å². The minimum atomic E-state index is -0.905. The minimum Gasteiger partial charge on any atom is -0.377 e. The average Bonchev–Trinajstić information content (AvgIpc) is 3.02. The normalized spacial score (nSPS) is 15.2. The number of aromatic nitrogens is 2. The molecule has 0 aliphatic carbocycles. The topological polar surface area (TPSA) is 58.6 Å². The van der Waals surface area contributed by atoms with E-state index in [2.05, 4.69) is 9.36 Å². The predicted molar refractivity (Wildman–Crippen MR) is 84.6 cm³/mol. The Bertz CT molecular complexity index is 740. The molecule has 0 radical (unpaired) electrons. The number of ether oxygens (including phenoxy) is 1. The first-order valence-electron chi connectivity index (χ1n) is 7.35. The Kier molecular flexibility index (Phi) is 5.00. The second-order valence-electron chi connectivity index (χ2n) is 5.41. The maximum atomic E-state index is 13.3. The molecule has 0 saturated carbocycles. The molecule has 2 aromatic rings. The van der Waals surface area contributed by atoms with Gasteiger partial charge in [-0.05, 0) is 17.7 Å². The fourth-order valence-corrected chi connectivity index (χ4v) is 3.16. The minimum absolute atomic E-state index is 0.0884. The molecule has 0 bridgehead atoms. The summed E-state index contributed by atoms with van der Waals surface area (Å²) in [5, 5.41) is 0.683. The van der Waals surface area contributed by atoms with Crippen molar-refractivity contribution in [2.24, 2.45) is 0 Å². The number of carbonyl (C=O) groups is 1. The number of hydrogen-bond donors (Lipinski definition) is 0. The molecule has 9 heteroatoms. The van der Waals surface area contributed by atoms with Crippen LogP contribution >= 0.6 is 11.5 Å². The van der Waals surface area contributed by atoms with Crippen molar-refractivity contribution in [3.8, 4) is 0 Å². The molecule has 1 aliphatic heterocycles. The smallest absolute Gasteiger partial charge is 0.242 e. The summed E-state index contributed by atoms with van der Waals surface area (Å²) in [7, 11) is 1.57. The van der Waals surface area contributed by atoms with Crippen molar-refractivity contribution < 1.29 is 18.3 Å². The van der Waals surface area contributed by atoms with Crippen molar-refractivity contribution in [1.82, 2.24) is 14.3 Å². The van der Waals surface area contributed by atoms with Gasteiger partial charge in [0.2, 0.25) is 11.0 Å². The van der Waals surface area contributed by atoms with Crippen LogP contribution in [0.3, 0.4) is 0 Å². The number of anilines is 1. The van der Waals surface area contributed by atoms with Crippen molar-refractivity contribution in [3.05, 3.63) is 41.2 Å². The molecule has 1 aliphatic rings. The molecule has 6 nitrogen and oxygen atoms in total. The number of rotatable bonds is 5. The highest BCUT2D eigenvalue weighted by Gasteiger charge is 2.26. The quantitative estimate of drug-likeness (QED) is 0.820. The number of carbonyl (C=O) groups excluding carboxylic acids is 1. The summed E-state index contributed by atoms with van der Waals surface area (Å²) >= 11 is 1.23. The predicted octanol–water partition coefficient (Wildman–Crippen LogP) is 1.81. The van der Waals surface area contributed by atoms with E-state index in [4.69, 9.17) is 4.74 Å². The van der Waals surface area contributed by atoms with Gasteiger partial charge in [0.05, 0.1) is 6.54 Å². The lowest BCUT2D eigenvalue weighted by Crippen LogP contribution is -2.50. The van der Waals surface area contributed by atoms with Crippen LogP contribution in [-0.4, -0.2) is 46.9 Å². The summed E-state index contributed by atoms with van der Waals surface area (Å²) in [6.07, 6.45) is 0. The molecule has 0 spiro atoms. The van der Waals surface area contributed by atoms with Crippen LogP contribution in [0.1, 0.15) is 11.4 Å². The van der Waals surface area contributed by atoms with Crippen LogP contribution in [-0.2, 0) is 22.7 Å². The van der Waals surface area contributed by atoms with Crippen molar-refractivity contribution in [1.29, 1.82) is 0 Å². The van der Waals surface area contributed by atoms with E-state index in [1.54, 1.807) is 12.0 Å². The molecule has 1 aromatic heterocycles. The molecule has 1 saturated heterocycles. The lowest BCUT2D eigenvalue weighted by atomic mass is 10.2. The van der Waals surface area contributed by atoms with Gasteiger partial charge in [0.15, 0.2) is 17.5 Å². The van der Waals surface area contributed by atoms with Crippen LogP contribution in [0.2, 0.25) is 0 Å². The van der Waals surface area contributed by atoms with Crippen LogP contribution in [0, 0.1) is 11.6 Å². The van der Waals surface area contributed by atoms with Crippen LogP contribution in [0.25, 0.3) is 0 Å². The molecular formula is C15H16F2N4O2S. The third-order valence-corrected chi connectivity index (χ3v) is 4.49. The van der Waals surface area contributed by atoms with E-state index in [9.17, 15) is 13.6 Å². The molecule has 3 rings (SSSR count). The van der Waals surface area contributed by atoms with E-state index in [-0.39, 0.29) is 19.0 Å². The Morgan fingerprint density at radius 3 is 2.83 bits per heavy atom. The second-order valence-corrected chi connectivity index (χ2v) is 6.14. The maximum Gasteiger partial charge on any atom is 0.242 e. The van der Waals surface area contributed by atoms with Crippen LogP contribution in [0.5, 0.6) is 0 Å². The zero-order valence-corrected chi connectivity index (χ0v) is 13.9. The van der Waals surface area contributed by atoms with Crippen molar-refractivity contribution in [2.75, 3.05) is 31.6 Å². The number of amides is 1. The zero-order valence-electron chi connectivity index (χ0n) is 13.0. The van der Waals surface area contributed by atoms with Gasteiger partial charge in [-0.25, -0.2) is 13.8 Å². The molecular weight excluding hydrogens is 338 g/mol. The van der Waals surface area contributed by atoms with Crippen molar-refractivity contribution in [3.63, 3.8) is 0 Å². The molecule has 0 N–H and O–H groups in total. The Morgan fingerprint density at radius 1 is 1.29 bits per heavy atom. The van der Waals surface area contributed by atoms with Crippen molar-refractivity contribution >= 4 is 22.6 Å². The monoisotopic (exact) mass is 354 g/mol. The van der Waals surface area contributed by atoms with Gasteiger partial charge in [0.1, 0.15) is 6.61 Å². The van der Waals surface area contributed by atoms with Gasteiger partial charge < -0.3 is 14.5 Å². The number of hydrogen-bond acceptors (Lipinski definition) is 6. The highest BCUT2D eigenvalue weighted by molar-refractivity contribution is 7.09. The average molecular weight is 354 g/mol. The number of methoxy groups -OCH3 is 1. The lowest BCUT2D eigenvalue weighted by Gasteiger charge is -2.34.